The van der Waals surface area contributed by atoms with Crippen molar-refractivity contribution in [1.29, 1.82) is 0 Å². The molecule has 0 saturated carbocycles. The molecule has 0 spiro atoms. The van der Waals surface area contributed by atoms with Gasteiger partial charge in [-0.05, 0) is 46.5 Å². The van der Waals surface area contributed by atoms with E-state index in [4.69, 9.17) is 15.0 Å². The van der Waals surface area contributed by atoms with Gasteiger partial charge in [-0.15, -0.1) is 0 Å². The average Bonchev–Trinajstić information content (AvgIpc) is 3.43. The number of hydrogen-bond donors (Lipinski definition) is 0. The van der Waals surface area contributed by atoms with Gasteiger partial charge < -0.3 is 0 Å². The van der Waals surface area contributed by atoms with Gasteiger partial charge in [-0.3, -0.25) is 4.57 Å². The van der Waals surface area contributed by atoms with Crippen LogP contribution in [0.3, 0.4) is 0 Å². The van der Waals surface area contributed by atoms with Crippen LogP contribution < -0.4 is 0 Å². The van der Waals surface area contributed by atoms with Gasteiger partial charge in [0.25, 0.3) is 0 Å². The Morgan fingerprint density at radius 1 is 0.326 bits per heavy atom. The maximum atomic E-state index is 5.13. The Kier molecular flexibility index (Phi) is 6.08. The topological polar surface area (TPSA) is 43.6 Å². The van der Waals surface area contributed by atoms with E-state index in [0.29, 0.717) is 17.6 Å². The van der Waals surface area contributed by atoms with Gasteiger partial charge in [0.2, 0.25) is 5.95 Å². The van der Waals surface area contributed by atoms with Gasteiger partial charge in [-0.2, -0.15) is 9.97 Å². The SMILES string of the molecule is c1ccc(-c2cccc(-c3nc(-c4cccc(-c5ccccc5)c4)nc(-n4c5ccccc5c5ccccc54)n3)c2)cc1. The normalized spacial score (nSPS) is 11.3. The van der Waals surface area contributed by atoms with Crippen LogP contribution in [0.4, 0.5) is 0 Å². The van der Waals surface area contributed by atoms with Gasteiger partial charge in [0, 0.05) is 21.9 Å². The van der Waals surface area contributed by atoms with Crippen molar-refractivity contribution >= 4 is 21.8 Å². The molecule has 0 saturated heterocycles. The van der Waals surface area contributed by atoms with Crippen LogP contribution >= 0.6 is 0 Å². The summed E-state index contributed by atoms with van der Waals surface area (Å²) in [6.07, 6.45) is 0. The Hall–Kier alpha value is -5.87. The molecule has 0 bridgehead atoms. The molecule has 0 aliphatic heterocycles. The fourth-order valence-electron chi connectivity index (χ4n) is 5.80. The summed E-state index contributed by atoms with van der Waals surface area (Å²) in [5.41, 5.74) is 8.52. The molecular formula is C39H26N4. The minimum atomic E-state index is 0.590. The first kappa shape index (κ1) is 24.9. The lowest BCUT2D eigenvalue weighted by Crippen LogP contribution is -2.06. The number of para-hydroxylation sites is 2. The van der Waals surface area contributed by atoms with Gasteiger partial charge in [0.05, 0.1) is 11.0 Å². The van der Waals surface area contributed by atoms with Crippen LogP contribution in [0.1, 0.15) is 0 Å². The molecule has 0 aliphatic rings. The summed E-state index contributed by atoms with van der Waals surface area (Å²) in [6, 6.07) is 54.5. The predicted octanol–water partition coefficient (Wildman–Crippen LogP) is 9.64. The molecule has 2 aromatic heterocycles. The van der Waals surface area contributed by atoms with E-state index < -0.39 is 0 Å². The quantitative estimate of drug-likeness (QED) is 0.214. The molecule has 4 nitrogen and oxygen atoms in total. The molecule has 2 heterocycles. The molecular weight excluding hydrogens is 524 g/mol. The van der Waals surface area contributed by atoms with Crippen molar-refractivity contribution in [3.63, 3.8) is 0 Å². The lowest BCUT2D eigenvalue weighted by Gasteiger charge is -2.12. The second kappa shape index (κ2) is 10.5. The van der Waals surface area contributed by atoms with E-state index in [1.54, 1.807) is 0 Å². The zero-order valence-electron chi connectivity index (χ0n) is 23.3. The summed E-state index contributed by atoms with van der Waals surface area (Å²) in [4.78, 5) is 15.3. The summed E-state index contributed by atoms with van der Waals surface area (Å²) >= 11 is 0. The molecule has 0 radical (unpaired) electrons. The van der Waals surface area contributed by atoms with Crippen molar-refractivity contribution in [3.8, 4) is 51.0 Å². The highest BCUT2D eigenvalue weighted by Gasteiger charge is 2.18. The monoisotopic (exact) mass is 550 g/mol. The maximum absolute atomic E-state index is 5.13. The molecule has 0 aliphatic carbocycles. The zero-order chi connectivity index (χ0) is 28.6. The number of benzene rings is 6. The summed E-state index contributed by atoms with van der Waals surface area (Å²) < 4.78 is 2.15. The van der Waals surface area contributed by atoms with Crippen molar-refractivity contribution < 1.29 is 0 Å². The predicted molar refractivity (Wildman–Crippen MR) is 176 cm³/mol. The minimum Gasteiger partial charge on any atom is -0.278 e. The van der Waals surface area contributed by atoms with Crippen LogP contribution in [-0.4, -0.2) is 19.5 Å². The molecule has 6 aromatic carbocycles. The molecule has 0 atom stereocenters. The Bertz CT molecular complexity index is 2080. The fourth-order valence-corrected chi connectivity index (χ4v) is 5.80. The Morgan fingerprint density at radius 2 is 0.721 bits per heavy atom. The second-order valence-electron chi connectivity index (χ2n) is 10.5. The Morgan fingerprint density at radius 3 is 1.21 bits per heavy atom. The third-order valence-electron chi connectivity index (χ3n) is 7.86. The number of hydrogen-bond acceptors (Lipinski definition) is 3. The molecule has 4 heteroatoms. The molecule has 8 aromatic rings. The molecule has 8 rings (SSSR count). The largest absolute Gasteiger partial charge is 0.278 e. The van der Waals surface area contributed by atoms with Crippen LogP contribution in [0.2, 0.25) is 0 Å². The second-order valence-corrected chi connectivity index (χ2v) is 10.5. The Labute approximate surface area is 249 Å². The van der Waals surface area contributed by atoms with E-state index in [2.05, 4.69) is 150 Å². The number of nitrogens with zero attached hydrogens (tertiary/aromatic N) is 4. The van der Waals surface area contributed by atoms with Crippen molar-refractivity contribution in [2.45, 2.75) is 0 Å². The van der Waals surface area contributed by atoms with Crippen molar-refractivity contribution in [1.82, 2.24) is 19.5 Å². The van der Waals surface area contributed by atoms with E-state index in [1.807, 2.05) is 12.1 Å². The smallest absolute Gasteiger partial charge is 0.238 e. The molecule has 202 valence electrons. The summed E-state index contributed by atoms with van der Waals surface area (Å²) in [5.74, 6) is 1.85. The van der Waals surface area contributed by atoms with Crippen LogP contribution in [0.15, 0.2) is 158 Å². The molecule has 0 N–H and O–H groups in total. The van der Waals surface area contributed by atoms with Gasteiger partial charge in [-0.1, -0.05) is 133 Å². The van der Waals surface area contributed by atoms with Crippen molar-refractivity contribution in [2.75, 3.05) is 0 Å². The highest BCUT2D eigenvalue weighted by molar-refractivity contribution is 6.09. The zero-order valence-corrected chi connectivity index (χ0v) is 23.3. The lowest BCUT2D eigenvalue weighted by molar-refractivity contribution is 0.953. The highest BCUT2D eigenvalue weighted by atomic mass is 15.2. The highest BCUT2D eigenvalue weighted by Crippen LogP contribution is 2.33. The molecule has 0 amide bonds. The van der Waals surface area contributed by atoms with Gasteiger partial charge in [-0.25, -0.2) is 4.98 Å². The van der Waals surface area contributed by atoms with Crippen molar-refractivity contribution in [3.05, 3.63) is 158 Å². The van der Waals surface area contributed by atoms with Crippen LogP contribution in [0, 0.1) is 0 Å². The van der Waals surface area contributed by atoms with E-state index in [-0.39, 0.29) is 0 Å². The average molecular weight is 551 g/mol. The first-order valence-electron chi connectivity index (χ1n) is 14.4. The number of rotatable bonds is 5. The third-order valence-corrected chi connectivity index (χ3v) is 7.86. The van der Waals surface area contributed by atoms with Gasteiger partial charge in [0.15, 0.2) is 11.6 Å². The standard InChI is InChI=1S/C39H26N4/c1-3-13-27(14-4-1)29-17-11-19-31(25-29)37-40-38(32-20-12-18-30(26-32)28-15-5-2-6-16-28)42-39(41-37)43-35-23-9-7-21-33(35)34-22-8-10-24-36(34)43/h1-26H. The van der Waals surface area contributed by atoms with E-state index in [0.717, 1.165) is 44.4 Å². The minimum absolute atomic E-state index is 0.590. The van der Waals surface area contributed by atoms with Crippen LogP contribution in [-0.2, 0) is 0 Å². The Balaban J connectivity index is 1.37. The fraction of sp³-hybridized carbons (Fsp3) is 0. The van der Waals surface area contributed by atoms with Crippen LogP contribution in [0.25, 0.3) is 72.8 Å². The molecule has 0 unspecified atom stereocenters. The summed E-state index contributed by atoms with van der Waals surface area (Å²) in [7, 11) is 0. The van der Waals surface area contributed by atoms with Crippen LogP contribution in [0.5, 0.6) is 0 Å². The lowest BCUT2D eigenvalue weighted by atomic mass is 10.0. The van der Waals surface area contributed by atoms with E-state index in [9.17, 15) is 0 Å². The van der Waals surface area contributed by atoms with E-state index >= 15 is 0 Å². The molecule has 0 fully saturated rings. The van der Waals surface area contributed by atoms with Gasteiger partial charge in [0.1, 0.15) is 0 Å². The molecule has 43 heavy (non-hydrogen) atoms. The van der Waals surface area contributed by atoms with Crippen molar-refractivity contribution in [2.24, 2.45) is 0 Å². The number of fused-ring (bicyclic) bond motifs is 3. The first-order chi connectivity index (χ1) is 21.3. The third kappa shape index (κ3) is 4.55. The maximum Gasteiger partial charge on any atom is 0.238 e. The summed E-state index contributed by atoms with van der Waals surface area (Å²) in [5, 5.41) is 2.33. The first-order valence-corrected chi connectivity index (χ1v) is 14.4. The summed E-state index contributed by atoms with van der Waals surface area (Å²) in [6.45, 7) is 0. The van der Waals surface area contributed by atoms with E-state index in [1.165, 1.54) is 10.8 Å². The van der Waals surface area contributed by atoms with Gasteiger partial charge >= 0.3 is 0 Å². The number of aromatic nitrogens is 4.